The van der Waals surface area contributed by atoms with E-state index in [1.807, 2.05) is 29.2 Å². The smallest absolute Gasteiger partial charge is 0.320 e. The lowest BCUT2D eigenvalue weighted by Crippen LogP contribution is -2.49. The number of rotatable bonds is 1. The van der Waals surface area contributed by atoms with Crippen LogP contribution in [0.4, 0.5) is 4.79 Å². The van der Waals surface area contributed by atoms with Crippen molar-refractivity contribution >= 4 is 17.1 Å². The molecule has 1 aromatic heterocycles. The molecule has 3 rings (SSSR count). The highest BCUT2D eigenvalue weighted by Crippen LogP contribution is 2.23. The second-order valence-electron chi connectivity index (χ2n) is 5.57. The number of imidazole rings is 1. The molecule has 106 valence electrons. The molecule has 5 nitrogen and oxygen atoms in total. The van der Waals surface area contributed by atoms with Crippen LogP contribution in [0.5, 0.6) is 0 Å². The quantitative estimate of drug-likeness (QED) is 0.868. The Morgan fingerprint density at radius 3 is 3.00 bits per heavy atom. The second-order valence-corrected chi connectivity index (χ2v) is 5.57. The number of piperidine rings is 1. The summed E-state index contributed by atoms with van der Waals surface area (Å²) in [5.74, 6) is 0.550. The predicted octanol–water partition coefficient (Wildman–Crippen LogP) is 2.82. The number of fused-ring (bicyclic) bond motifs is 1. The molecule has 1 saturated heterocycles. The third-order valence-electron chi connectivity index (χ3n) is 4.30. The summed E-state index contributed by atoms with van der Waals surface area (Å²) in [5.41, 5.74) is 4.72. The monoisotopic (exact) mass is 272 g/mol. The number of hydrogen-bond donors (Lipinski definition) is 1. The molecule has 2 aromatic rings. The summed E-state index contributed by atoms with van der Waals surface area (Å²) in [5, 5.41) is 0. The van der Waals surface area contributed by atoms with Gasteiger partial charge in [-0.2, -0.15) is 0 Å². The number of para-hydroxylation sites is 2. The highest BCUT2D eigenvalue weighted by Gasteiger charge is 2.28. The minimum Gasteiger partial charge on any atom is -0.320 e. The summed E-state index contributed by atoms with van der Waals surface area (Å²) in [6, 6.07) is 7.99. The molecule has 20 heavy (non-hydrogen) atoms. The molecule has 0 spiro atoms. The van der Waals surface area contributed by atoms with Gasteiger partial charge < -0.3 is 4.90 Å². The highest BCUT2D eigenvalue weighted by molar-refractivity contribution is 5.85. The fourth-order valence-electron chi connectivity index (χ4n) is 2.84. The molecular formula is C15H20N4O. The molecule has 2 heterocycles. The first-order valence-corrected chi connectivity index (χ1v) is 7.16. The number of hydrogen-bond acceptors (Lipinski definition) is 2. The average molecular weight is 272 g/mol. The van der Waals surface area contributed by atoms with Gasteiger partial charge in [-0.25, -0.2) is 19.9 Å². The number of aromatic nitrogens is 2. The normalized spacial score (nSPS) is 23.0. The van der Waals surface area contributed by atoms with Crippen molar-refractivity contribution in [2.75, 3.05) is 12.0 Å². The van der Waals surface area contributed by atoms with E-state index in [-0.39, 0.29) is 12.1 Å². The summed E-state index contributed by atoms with van der Waals surface area (Å²) in [7, 11) is 0. The van der Waals surface area contributed by atoms with E-state index in [0.29, 0.717) is 5.92 Å². The van der Waals surface area contributed by atoms with Crippen LogP contribution in [0.25, 0.3) is 11.0 Å². The third-order valence-corrected chi connectivity index (χ3v) is 4.30. The van der Waals surface area contributed by atoms with Gasteiger partial charge in [0, 0.05) is 12.6 Å². The lowest BCUT2D eigenvalue weighted by molar-refractivity contribution is 0.137. The maximum absolute atomic E-state index is 12.4. The van der Waals surface area contributed by atoms with E-state index in [2.05, 4.69) is 24.3 Å². The zero-order chi connectivity index (χ0) is 14.1. The number of urea groups is 1. The summed E-state index contributed by atoms with van der Waals surface area (Å²) >= 11 is 0. The van der Waals surface area contributed by atoms with Crippen LogP contribution in [-0.2, 0) is 0 Å². The Morgan fingerprint density at radius 2 is 2.15 bits per heavy atom. The Morgan fingerprint density at radius 1 is 1.35 bits per heavy atom. The first-order valence-electron chi connectivity index (χ1n) is 7.16. The van der Waals surface area contributed by atoms with E-state index >= 15 is 0 Å². The minimum atomic E-state index is -0.0489. The van der Waals surface area contributed by atoms with Crippen LogP contribution in [0.3, 0.4) is 0 Å². The van der Waals surface area contributed by atoms with Gasteiger partial charge in [-0.15, -0.1) is 0 Å². The molecule has 1 aromatic carbocycles. The Kier molecular flexibility index (Phi) is 3.34. The molecule has 1 N–H and O–H groups in total. The largest absolute Gasteiger partial charge is 0.336 e. The van der Waals surface area contributed by atoms with Crippen LogP contribution < -0.4 is 5.43 Å². The lowest BCUT2D eigenvalue weighted by Gasteiger charge is -2.37. The van der Waals surface area contributed by atoms with E-state index in [9.17, 15) is 4.79 Å². The highest BCUT2D eigenvalue weighted by atomic mass is 16.2. The Bertz CT molecular complexity index is 621. The Hall–Kier alpha value is -2.04. The number of carbonyl (C=O) groups excluding carboxylic acids is 1. The third kappa shape index (κ3) is 2.24. The topological polar surface area (TPSA) is 50.2 Å². The maximum atomic E-state index is 12.4. The fraction of sp³-hybridized carbons (Fsp3) is 0.467. The summed E-state index contributed by atoms with van der Waals surface area (Å²) in [6.07, 6.45) is 3.92. The van der Waals surface area contributed by atoms with Crippen molar-refractivity contribution in [1.82, 2.24) is 14.6 Å². The number of amides is 2. The van der Waals surface area contributed by atoms with Crippen molar-refractivity contribution in [1.29, 1.82) is 0 Å². The van der Waals surface area contributed by atoms with Gasteiger partial charge in [-0.05, 0) is 37.8 Å². The van der Waals surface area contributed by atoms with Gasteiger partial charge >= 0.3 is 6.03 Å². The molecule has 2 amide bonds. The molecule has 1 aliphatic heterocycles. The Labute approximate surface area is 118 Å². The van der Waals surface area contributed by atoms with E-state index in [4.69, 9.17) is 0 Å². The lowest BCUT2D eigenvalue weighted by atomic mass is 9.92. The van der Waals surface area contributed by atoms with Crippen LogP contribution in [0.1, 0.15) is 26.7 Å². The van der Waals surface area contributed by atoms with Crippen LogP contribution in [0.2, 0.25) is 0 Å². The van der Waals surface area contributed by atoms with Crippen molar-refractivity contribution in [3.8, 4) is 0 Å². The van der Waals surface area contributed by atoms with Crippen LogP contribution in [0, 0.1) is 5.92 Å². The standard InChI is InChI=1S/C15H20N4O/c1-11-6-5-9-18(12(11)2)15(20)17-19-10-16-13-7-3-4-8-14(13)19/h3-4,7-8,10-12H,5-6,9H2,1-2H3,(H,17,20)/t11-,12-/m0/s1. The van der Waals surface area contributed by atoms with Crippen LogP contribution >= 0.6 is 0 Å². The molecule has 0 unspecified atom stereocenters. The van der Waals surface area contributed by atoms with Crippen LogP contribution in [0.15, 0.2) is 30.6 Å². The first-order chi connectivity index (χ1) is 9.66. The summed E-state index contributed by atoms with van der Waals surface area (Å²) in [6.45, 7) is 5.15. The van der Waals surface area contributed by atoms with Gasteiger partial charge in [-0.3, -0.25) is 0 Å². The van der Waals surface area contributed by atoms with Crippen molar-refractivity contribution in [2.24, 2.45) is 5.92 Å². The van der Waals surface area contributed by atoms with Crippen molar-refractivity contribution < 1.29 is 4.79 Å². The van der Waals surface area contributed by atoms with Crippen LogP contribution in [-0.4, -0.2) is 33.2 Å². The number of likely N-dealkylation sites (tertiary alicyclic amines) is 1. The zero-order valence-electron chi connectivity index (χ0n) is 11.9. The van der Waals surface area contributed by atoms with Gasteiger partial charge in [0.05, 0.1) is 11.0 Å². The van der Waals surface area contributed by atoms with Gasteiger partial charge in [-0.1, -0.05) is 19.1 Å². The fourth-order valence-corrected chi connectivity index (χ4v) is 2.84. The number of nitrogens with one attached hydrogen (secondary N) is 1. The SMILES string of the molecule is C[C@H]1CCCN(C(=O)Nn2cnc3ccccc32)[C@H]1C. The molecule has 0 bridgehead atoms. The zero-order valence-corrected chi connectivity index (χ0v) is 11.9. The molecule has 0 aliphatic carbocycles. The maximum Gasteiger partial charge on any atom is 0.336 e. The molecular weight excluding hydrogens is 252 g/mol. The molecule has 0 saturated carbocycles. The Balaban J connectivity index is 1.78. The summed E-state index contributed by atoms with van der Waals surface area (Å²) < 4.78 is 1.70. The first kappa shape index (κ1) is 13.0. The number of carbonyl (C=O) groups is 1. The van der Waals surface area contributed by atoms with Gasteiger partial charge in [0.2, 0.25) is 0 Å². The molecule has 5 heteroatoms. The van der Waals surface area contributed by atoms with Gasteiger partial charge in [0.25, 0.3) is 0 Å². The number of nitrogens with zero attached hydrogens (tertiary/aromatic N) is 3. The second kappa shape index (κ2) is 5.15. The number of benzene rings is 1. The predicted molar refractivity (Wildman–Crippen MR) is 79.1 cm³/mol. The van der Waals surface area contributed by atoms with E-state index in [0.717, 1.165) is 24.0 Å². The van der Waals surface area contributed by atoms with Crippen molar-refractivity contribution in [3.05, 3.63) is 30.6 Å². The molecule has 2 atom stereocenters. The van der Waals surface area contributed by atoms with Gasteiger partial charge in [0.15, 0.2) is 0 Å². The van der Waals surface area contributed by atoms with Gasteiger partial charge in [0.1, 0.15) is 6.33 Å². The molecule has 1 aliphatic rings. The van der Waals surface area contributed by atoms with E-state index < -0.39 is 0 Å². The molecule has 1 fully saturated rings. The average Bonchev–Trinajstić information content (AvgIpc) is 2.85. The summed E-state index contributed by atoms with van der Waals surface area (Å²) in [4.78, 5) is 18.6. The van der Waals surface area contributed by atoms with E-state index in [1.54, 1.807) is 11.0 Å². The molecule has 0 radical (unpaired) electrons. The van der Waals surface area contributed by atoms with Crippen molar-refractivity contribution in [3.63, 3.8) is 0 Å². The minimum absolute atomic E-state index is 0.0489. The van der Waals surface area contributed by atoms with E-state index in [1.165, 1.54) is 6.42 Å². The van der Waals surface area contributed by atoms with Crippen molar-refractivity contribution in [2.45, 2.75) is 32.7 Å².